The third-order valence-corrected chi connectivity index (χ3v) is 3.23. The fourth-order valence-electron chi connectivity index (χ4n) is 0.974. The molecule has 0 saturated heterocycles. The Morgan fingerprint density at radius 1 is 1.71 bits per heavy atom. The van der Waals surface area contributed by atoms with Crippen molar-refractivity contribution in [1.29, 1.82) is 0 Å². The lowest BCUT2D eigenvalue weighted by atomic mass is 10.2. The average molecular weight is 279 g/mol. The number of rotatable bonds is 4. The highest BCUT2D eigenvalue weighted by Gasteiger charge is 2.17. The molecule has 0 saturated carbocycles. The predicted octanol–water partition coefficient (Wildman–Crippen LogP) is 1.98. The standard InChI is InChI=1S/C9H11BrO3S/c1-2-13-9(12)7(11)5-6-3-4-8(10)14-6/h3-4,7,11H,2,5H2,1H3. The van der Waals surface area contributed by atoms with Crippen molar-refractivity contribution < 1.29 is 14.6 Å². The van der Waals surface area contributed by atoms with Crippen molar-refractivity contribution in [3.8, 4) is 0 Å². The molecule has 0 radical (unpaired) electrons. The van der Waals surface area contributed by atoms with Gasteiger partial charge in [0.05, 0.1) is 10.4 Å². The number of hydrogen-bond acceptors (Lipinski definition) is 4. The molecule has 0 fully saturated rings. The van der Waals surface area contributed by atoms with Crippen LogP contribution < -0.4 is 0 Å². The molecule has 14 heavy (non-hydrogen) atoms. The van der Waals surface area contributed by atoms with Crippen LogP contribution in [0.3, 0.4) is 0 Å². The highest BCUT2D eigenvalue weighted by Crippen LogP contribution is 2.23. The lowest BCUT2D eigenvalue weighted by Gasteiger charge is -2.07. The number of ether oxygens (including phenoxy) is 1. The maximum absolute atomic E-state index is 11.1. The van der Waals surface area contributed by atoms with E-state index in [9.17, 15) is 9.90 Å². The number of aliphatic hydroxyl groups excluding tert-OH is 1. The summed E-state index contributed by atoms with van der Waals surface area (Å²) < 4.78 is 5.68. The van der Waals surface area contributed by atoms with Gasteiger partial charge in [0, 0.05) is 11.3 Å². The van der Waals surface area contributed by atoms with Crippen molar-refractivity contribution in [2.45, 2.75) is 19.4 Å². The van der Waals surface area contributed by atoms with Crippen molar-refractivity contribution in [2.75, 3.05) is 6.61 Å². The van der Waals surface area contributed by atoms with Gasteiger partial charge in [0.15, 0.2) is 6.10 Å². The van der Waals surface area contributed by atoms with Gasteiger partial charge in [0.25, 0.3) is 0 Å². The van der Waals surface area contributed by atoms with E-state index < -0.39 is 12.1 Å². The first-order chi connectivity index (χ1) is 6.63. The summed E-state index contributed by atoms with van der Waals surface area (Å²) >= 11 is 4.81. The van der Waals surface area contributed by atoms with Gasteiger partial charge < -0.3 is 9.84 Å². The van der Waals surface area contributed by atoms with Gasteiger partial charge in [0.1, 0.15) is 0 Å². The maximum atomic E-state index is 11.1. The maximum Gasteiger partial charge on any atom is 0.335 e. The first kappa shape index (κ1) is 11.7. The van der Waals surface area contributed by atoms with E-state index in [1.54, 1.807) is 6.92 Å². The molecule has 1 heterocycles. The Morgan fingerprint density at radius 3 is 2.93 bits per heavy atom. The van der Waals surface area contributed by atoms with E-state index in [-0.39, 0.29) is 0 Å². The number of carbonyl (C=O) groups is 1. The largest absolute Gasteiger partial charge is 0.464 e. The molecular formula is C9H11BrO3S. The van der Waals surface area contributed by atoms with Gasteiger partial charge in [-0.25, -0.2) is 4.79 Å². The highest BCUT2D eigenvalue weighted by atomic mass is 79.9. The molecule has 1 unspecified atom stereocenters. The van der Waals surface area contributed by atoms with Crippen molar-refractivity contribution in [1.82, 2.24) is 0 Å². The molecule has 0 aliphatic rings. The molecule has 5 heteroatoms. The van der Waals surface area contributed by atoms with Crippen LogP contribution in [-0.4, -0.2) is 23.8 Å². The van der Waals surface area contributed by atoms with E-state index in [2.05, 4.69) is 20.7 Å². The van der Waals surface area contributed by atoms with Crippen LogP contribution in [0.15, 0.2) is 15.9 Å². The summed E-state index contributed by atoms with van der Waals surface area (Å²) in [6.07, 6.45) is -0.741. The third-order valence-electron chi connectivity index (χ3n) is 1.58. The molecule has 3 nitrogen and oxygen atoms in total. The fourth-order valence-corrected chi connectivity index (χ4v) is 2.49. The summed E-state index contributed by atoms with van der Waals surface area (Å²) in [4.78, 5) is 12.0. The Morgan fingerprint density at radius 2 is 2.43 bits per heavy atom. The van der Waals surface area contributed by atoms with Gasteiger partial charge in [-0.2, -0.15) is 0 Å². The molecule has 0 aliphatic heterocycles. The van der Waals surface area contributed by atoms with E-state index in [4.69, 9.17) is 0 Å². The van der Waals surface area contributed by atoms with Crippen LogP contribution >= 0.6 is 27.3 Å². The van der Waals surface area contributed by atoms with Gasteiger partial charge in [-0.1, -0.05) is 0 Å². The zero-order valence-corrected chi connectivity index (χ0v) is 10.1. The minimum absolute atomic E-state index is 0.296. The van der Waals surface area contributed by atoms with Gasteiger partial charge in [-0.05, 0) is 35.0 Å². The van der Waals surface area contributed by atoms with Crippen molar-refractivity contribution in [3.63, 3.8) is 0 Å². The van der Waals surface area contributed by atoms with Crippen LogP contribution in [0.2, 0.25) is 0 Å². The average Bonchev–Trinajstić information content (AvgIpc) is 2.51. The van der Waals surface area contributed by atoms with Crippen LogP contribution in [0.5, 0.6) is 0 Å². The first-order valence-electron chi connectivity index (χ1n) is 4.22. The molecule has 0 aromatic carbocycles. The lowest BCUT2D eigenvalue weighted by molar-refractivity contribution is -0.152. The lowest BCUT2D eigenvalue weighted by Crippen LogP contribution is -2.24. The summed E-state index contributed by atoms with van der Waals surface area (Å²) in [6.45, 7) is 2.01. The van der Waals surface area contributed by atoms with Gasteiger partial charge in [0.2, 0.25) is 0 Å². The quantitative estimate of drug-likeness (QED) is 0.857. The van der Waals surface area contributed by atoms with Gasteiger partial charge >= 0.3 is 5.97 Å². The normalized spacial score (nSPS) is 12.5. The summed E-state index contributed by atoms with van der Waals surface area (Å²) in [5.74, 6) is -0.558. The number of esters is 1. The van der Waals surface area contributed by atoms with Crippen LogP contribution in [0.1, 0.15) is 11.8 Å². The summed E-state index contributed by atoms with van der Waals surface area (Å²) in [7, 11) is 0. The predicted molar refractivity (Wildman–Crippen MR) is 58.4 cm³/mol. The van der Waals surface area contributed by atoms with E-state index >= 15 is 0 Å². The molecule has 0 bridgehead atoms. The molecule has 1 N–H and O–H groups in total. The van der Waals surface area contributed by atoms with Crippen LogP contribution in [0.4, 0.5) is 0 Å². The number of hydrogen-bond donors (Lipinski definition) is 1. The third kappa shape index (κ3) is 3.40. The van der Waals surface area contributed by atoms with E-state index in [0.717, 1.165) is 8.66 Å². The number of halogens is 1. The molecule has 0 spiro atoms. The fraction of sp³-hybridized carbons (Fsp3) is 0.444. The van der Waals surface area contributed by atoms with Crippen molar-refractivity contribution in [2.24, 2.45) is 0 Å². The smallest absolute Gasteiger partial charge is 0.335 e. The molecular weight excluding hydrogens is 268 g/mol. The SMILES string of the molecule is CCOC(=O)C(O)Cc1ccc(Br)s1. The van der Waals surface area contributed by atoms with Crippen molar-refractivity contribution in [3.05, 3.63) is 20.8 Å². The van der Waals surface area contributed by atoms with Crippen LogP contribution in [0.25, 0.3) is 0 Å². The Kier molecular flexibility index (Phi) is 4.57. The number of carbonyl (C=O) groups excluding carboxylic acids is 1. The molecule has 0 amide bonds. The van der Waals surface area contributed by atoms with E-state index in [1.165, 1.54) is 11.3 Å². The Hall–Kier alpha value is -0.390. The Bertz CT molecular complexity index is 311. The number of aliphatic hydroxyl groups is 1. The monoisotopic (exact) mass is 278 g/mol. The van der Waals surface area contributed by atoms with Crippen molar-refractivity contribution >= 4 is 33.2 Å². The van der Waals surface area contributed by atoms with Gasteiger partial charge in [-0.3, -0.25) is 0 Å². The van der Waals surface area contributed by atoms with Gasteiger partial charge in [-0.15, -0.1) is 11.3 Å². The Labute approximate surface area is 94.8 Å². The second-order valence-electron chi connectivity index (χ2n) is 2.68. The zero-order chi connectivity index (χ0) is 10.6. The summed E-state index contributed by atoms with van der Waals surface area (Å²) in [5.41, 5.74) is 0. The topological polar surface area (TPSA) is 46.5 Å². The summed E-state index contributed by atoms with van der Waals surface area (Å²) in [6, 6.07) is 3.76. The number of thiophene rings is 1. The minimum atomic E-state index is -1.06. The van der Waals surface area contributed by atoms with Crippen LogP contribution in [-0.2, 0) is 16.0 Å². The van der Waals surface area contributed by atoms with E-state index in [1.807, 2.05) is 12.1 Å². The minimum Gasteiger partial charge on any atom is -0.464 e. The molecule has 78 valence electrons. The molecule has 0 aliphatic carbocycles. The molecule has 1 aromatic rings. The summed E-state index contributed by atoms with van der Waals surface area (Å²) in [5, 5.41) is 9.43. The first-order valence-corrected chi connectivity index (χ1v) is 5.83. The highest BCUT2D eigenvalue weighted by molar-refractivity contribution is 9.11. The van der Waals surface area contributed by atoms with Crippen LogP contribution in [0, 0.1) is 0 Å². The molecule has 1 rings (SSSR count). The van der Waals surface area contributed by atoms with E-state index in [0.29, 0.717) is 13.0 Å². The molecule has 1 aromatic heterocycles. The second kappa shape index (κ2) is 5.48. The second-order valence-corrected chi connectivity index (χ2v) is 5.23. The zero-order valence-electron chi connectivity index (χ0n) is 7.70. The Balaban J connectivity index is 2.48. The molecule has 1 atom stereocenters.